The Balaban J connectivity index is 3.23. The Labute approximate surface area is 108 Å². The molecular weight excluding hydrogens is 323 g/mol. The number of carboxylic acid groups (broad SMARTS) is 1. The largest absolute Gasteiger partial charge is 0.492 e. The van der Waals surface area contributed by atoms with Gasteiger partial charge in [0.05, 0.1) is 22.3 Å². The van der Waals surface area contributed by atoms with Gasteiger partial charge in [-0.05, 0) is 48.6 Å². The minimum Gasteiger partial charge on any atom is -0.492 e. The number of hydrogen-bond donors (Lipinski definition) is 1. The summed E-state index contributed by atoms with van der Waals surface area (Å²) in [5.74, 6) is 0.0555. The summed E-state index contributed by atoms with van der Waals surface area (Å²) >= 11 is 1.94. The van der Waals surface area contributed by atoms with E-state index in [9.17, 15) is 4.79 Å². The van der Waals surface area contributed by atoms with Crippen LogP contribution in [-0.4, -0.2) is 24.3 Å². The minimum atomic E-state index is -0.973. The lowest BCUT2D eigenvalue weighted by Crippen LogP contribution is -2.09. The summed E-state index contributed by atoms with van der Waals surface area (Å²) in [5, 5.41) is 8.96. The molecule has 0 heterocycles. The molecule has 0 bridgehead atoms. The maximum Gasteiger partial charge on any atom is 0.336 e. The lowest BCUT2D eigenvalue weighted by atomic mass is 10.2. The van der Waals surface area contributed by atoms with E-state index in [-0.39, 0.29) is 11.7 Å². The average Bonchev–Trinajstić information content (AvgIpc) is 2.16. The van der Waals surface area contributed by atoms with Crippen LogP contribution in [0.4, 0.5) is 0 Å². The third kappa shape index (κ3) is 2.78. The van der Waals surface area contributed by atoms with Crippen molar-refractivity contribution in [1.29, 1.82) is 0 Å². The number of carbonyl (C=O) groups is 1. The van der Waals surface area contributed by atoms with Crippen LogP contribution in [0.1, 0.15) is 24.2 Å². The van der Waals surface area contributed by atoms with Gasteiger partial charge in [-0.1, -0.05) is 0 Å². The quantitative estimate of drug-likeness (QED) is 0.859. The van der Waals surface area contributed by atoms with E-state index in [0.29, 0.717) is 15.1 Å². The normalized spacial score (nSPS) is 10.3. The van der Waals surface area contributed by atoms with E-state index in [1.54, 1.807) is 6.07 Å². The van der Waals surface area contributed by atoms with E-state index in [2.05, 4.69) is 0 Å². The van der Waals surface area contributed by atoms with Gasteiger partial charge in [-0.2, -0.15) is 0 Å². The van der Waals surface area contributed by atoms with Gasteiger partial charge in [-0.15, -0.1) is 0 Å². The maximum atomic E-state index is 10.9. The first-order valence-corrected chi connectivity index (χ1v) is 5.81. The molecule has 0 saturated carbocycles. The highest BCUT2D eigenvalue weighted by atomic mass is 127. The lowest BCUT2D eigenvalue weighted by Gasteiger charge is -2.15. The minimum absolute atomic E-state index is 0.0142. The molecule has 1 aromatic rings. The van der Waals surface area contributed by atoms with Gasteiger partial charge in [0.2, 0.25) is 0 Å². The number of methoxy groups -OCH3 is 1. The third-order valence-electron chi connectivity index (χ3n) is 1.86. The SMILES string of the molecule is COc1c(OC(C)C)ccc(C(=O)O)c1I. The standard InChI is InChI=1S/C11H13IO4/c1-6(2)16-8-5-4-7(11(13)14)9(12)10(8)15-3/h4-6H,1-3H3,(H,13,14). The second-order valence-corrected chi connectivity index (χ2v) is 4.51. The number of halogens is 1. The van der Waals surface area contributed by atoms with E-state index in [0.717, 1.165) is 0 Å². The van der Waals surface area contributed by atoms with E-state index in [1.807, 2.05) is 36.4 Å². The number of ether oxygens (including phenoxy) is 2. The molecule has 0 aliphatic rings. The number of hydrogen-bond acceptors (Lipinski definition) is 3. The third-order valence-corrected chi connectivity index (χ3v) is 2.93. The number of aromatic carboxylic acids is 1. The topological polar surface area (TPSA) is 55.8 Å². The maximum absolute atomic E-state index is 10.9. The fraction of sp³-hybridized carbons (Fsp3) is 0.364. The average molecular weight is 336 g/mol. The molecule has 4 nitrogen and oxygen atoms in total. The molecule has 0 radical (unpaired) electrons. The van der Waals surface area contributed by atoms with Crippen LogP contribution in [0.3, 0.4) is 0 Å². The fourth-order valence-electron chi connectivity index (χ4n) is 1.24. The Hall–Kier alpha value is -0.980. The molecule has 0 aliphatic heterocycles. The Bertz CT molecular complexity index is 401. The second-order valence-electron chi connectivity index (χ2n) is 3.43. The van der Waals surface area contributed by atoms with Crippen LogP contribution in [0.15, 0.2) is 12.1 Å². The fourth-order valence-corrected chi connectivity index (χ4v) is 2.14. The second kappa shape index (κ2) is 5.38. The highest BCUT2D eigenvalue weighted by Crippen LogP contribution is 2.35. The van der Waals surface area contributed by atoms with Crippen molar-refractivity contribution in [2.24, 2.45) is 0 Å². The summed E-state index contributed by atoms with van der Waals surface area (Å²) in [6.07, 6.45) is 0.0142. The van der Waals surface area contributed by atoms with Crippen LogP contribution in [-0.2, 0) is 0 Å². The van der Waals surface area contributed by atoms with E-state index < -0.39 is 5.97 Å². The Morgan fingerprint density at radius 1 is 1.44 bits per heavy atom. The van der Waals surface area contributed by atoms with Gasteiger partial charge in [0, 0.05) is 0 Å². The molecule has 0 amide bonds. The molecule has 0 spiro atoms. The van der Waals surface area contributed by atoms with Gasteiger partial charge in [0.15, 0.2) is 11.5 Å². The van der Waals surface area contributed by atoms with Gasteiger partial charge in [0.1, 0.15) is 0 Å². The predicted molar refractivity (Wildman–Crippen MR) is 68.4 cm³/mol. The van der Waals surface area contributed by atoms with Gasteiger partial charge in [-0.25, -0.2) is 4.79 Å². The van der Waals surface area contributed by atoms with E-state index in [1.165, 1.54) is 13.2 Å². The van der Waals surface area contributed by atoms with Gasteiger partial charge < -0.3 is 14.6 Å². The van der Waals surface area contributed by atoms with Crippen LogP contribution in [0.5, 0.6) is 11.5 Å². The first-order valence-electron chi connectivity index (χ1n) is 4.73. The Morgan fingerprint density at radius 2 is 2.06 bits per heavy atom. The first kappa shape index (κ1) is 13.1. The van der Waals surface area contributed by atoms with Crippen LogP contribution < -0.4 is 9.47 Å². The number of carboxylic acids is 1. The zero-order valence-electron chi connectivity index (χ0n) is 9.28. The zero-order valence-corrected chi connectivity index (χ0v) is 11.4. The molecule has 1 N–H and O–H groups in total. The van der Waals surface area contributed by atoms with E-state index >= 15 is 0 Å². The van der Waals surface area contributed by atoms with Crippen molar-refractivity contribution in [3.05, 3.63) is 21.3 Å². The number of rotatable bonds is 4. The van der Waals surface area contributed by atoms with Crippen molar-refractivity contribution >= 4 is 28.6 Å². The predicted octanol–water partition coefficient (Wildman–Crippen LogP) is 2.79. The molecule has 0 saturated heterocycles. The van der Waals surface area contributed by atoms with Crippen molar-refractivity contribution in [3.63, 3.8) is 0 Å². The summed E-state index contributed by atoms with van der Waals surface area (Å²) in [7, 11) is 1.50. The summed E-state index contributed by atoms with van der Waals surface area (Å²) in [4.78, 5) is 10.9. The molecule has 0 fully saturated rings. The smallest absolute Gasteiger partial charge is 0.336 e. The highest BCUT2D eigenvalue weighted by molar-refractivity contribution is 14.1. The highest BCUT2D eigenvalue weighted by Gasteiger charge is 2.17. The molecule has 1 aromatic carbocycles. The first-order chi connectivity index (χ1) is 7.47. The molecule has 1 rings (SSSR count). The van der Waals surface area contributed by atoms with Crippen LogP contribution in [0.2, 0.25) is 0 Å². The molecule has 88 valence electrons. The molecule has 0 aromatic heterocycles. The van der Waals surface area contributed by atoms with Gasteiger partial charge in [0.25, 0.3) is 0 Å². The summed E-state index contributed by atoms with van der Waals surface area (Å²) < 4.78 is 11.2. The monoisotopic (exact) mass is 336 g/mol. The van der Waals surface area contributed by atoms with Crippen molar-refractivity contribution < 1.29 is 19.4 Å². The van der Waals surface area contributed by atoms with E-state index in [4.69, 9.17) is 14.6 Å². The Morgan fingerprint density at radius 3 is 2.50 bits per heavy atom. The molecule has 16 heavy (non-hydrogen) atoms. The summed E-state index contributed by atoms with van der Waals surface area (Å²) in [5.41, 5.74) is 0.216. The molecule has 0 unspecified atom stereocenters. The van der Waals surface area contributed by atoms with Crippen molar-refractivity contribution in [3.8, 4) is 11.5 Å². The number of benzene rings is 1. The van der Waals surface area contributed by atoms with Crippen molar-refractivity contribution in [1.82, 2.24) is 0 Å². The molecule has 0 aliphatic carbocycles. The van der Waals surface area contributed by atoms with Crippen LogP contribution in [0.25, 0.3) is 0 Å². The van der Waals surface area contributed by atoms with Gasteiger partial charge >= 0.3 is 5.97 Å². The van der Waals surface area contributed by atoms with Crippen LogP contribution >= 0.6 is 22.6 Å². The zero-order chi connectivity index (χ0) is 12.3. The lowest BCUT2D eigenvalue weighted by molar-refractivity contribution is 0.0695. The van der Waals surface area contributed by atoms with Crippen molar-refractivity contribution in [2.45, 2.75) is 20.0 Å². The van der Waals surface area contributed by atoms with Crippen LogP contribution in [0, 0.1) is 3.57 Å². The summed E-state index contributed by atoms with van der Waals surface area (Å²) in [6, 6.07) is 3.13. The van der Waals surface area contributed by atoms with Gasteiger partial charge in [-0.3, -0.25) is 0 Å². The van der Waals surface area contributed by atoms with Crippen molar-refractivity contribution in [2.75, 3.05) is 7.11 Å². The molecule has 5 heteroatoms. The molecular formula is C11H13IO4. The summed E-state index contributed by atoms with van der Waals surface area (Å²) in [6.45, 7) is 3.80. The Kier molecular flexibility index (Phi) is 4.40. The molecule has 0 atom stereocenters.